The zero-order valence-electron chi connectivity index (χ0n) is 9.16. The van der Waals surface area contributed by atoms with Gasteiger partial charge in [0.2, 0.25) is 11.9 Å². The van der Waals surface area contributed by atoms with Crippen molar-refractivity contribution < 1.29 is 9.63 Å². The molecule has 0 bridgehead atoms. The third kappa shape index (κ3) is 1.75. The quantitative estimate of drug-likeness (QED) is 0.772. The molecule has 0 N–H and O–H groups in total. The summed E-state index contributed by atoms with van der Waals surface area (Å²) in [5.74, 6) is -0.256. The van der Waals surface area contributed by atoms with Gasteiger partial charge in [0, 0.05) is 0 Å². The molecule has 0 saturated heterocycles. The van der Waals surface area contributed by atoms with Gasteiger partial charge >= 0.3 is 0 Å². The van der Waals surface area contributed by atoms with Crippen LogP contribution < -0.4 is 0 Å². The van der Waals surface area contributed by atoms with E-state index in [1.807, 2.05) is 30.3 Å². The number of Topliss-reactive ketones (excluding diaryl/α,β-unsaturated/α-hetero) is 1. The average Bonchev–Trinajstić information content (AvgIpc) is 3.04. The molecule has 0 fully saturated rings. The summed E-state index contributed by atoms with van der Waals surface area (Å²) >= 11 is 1.32. The minimum Gasteiger partial charge on any atom is -0.376 e. The van der Waals surface area contributed by atoms with E-state index in [9.17, 15) is 4.79 Å². The fourth-order valence-corrected chi connectivity index (χ4v) is 2.60. The van der Waals surface area contributed by atoms with E-state index in [0.29, 0.717) is 5.01 Å². The van der Waals surface area contributed by atoms with Crippen molar-refractivity contribution in [1.82, 2.24) is 4.98 Å². The Balaban J connectivity index is 1.91. The second-order valence-corrected chi connectivity index (χ2v) is 4.81. The molecule has 1 aliphatic rings. The number of nitrogens with zero attached hydrogens (tertiary/aromatic N) is 3. The molecule has 0 radical (unpaired) electrons. The Morgan fingerprint density at radius 1 is 1.50 bits per heavy atom. The molecule has 1 aliphatic heterocycles. The fraction of sp³-hybridized carbons (Fsp3) is 0.167. The van der Waals surface area contributed by atoms with Gasteiger partial charge in [0.15, 0.2) is 5.01 Å². The number of aromatic nitrogens is 1. The maximum Gasteiger partial charge on any atom is 0.239 e. The molecule has 18 heavy (non-hydrogen) atoms. The van der Waals surface area contributed by atoms with E-state index >= 15 is 0 Å². The number of nitriles is 1. The van der Waals surface area contributed by atoms with E-state index in [4.69, 9.17) is 10.1 Å². The van der Waals surface area contributed by atoms with Crippen molar-refractivity contribution in [3.63, 3.8) is 0 Å². The van der Waals surface area contributed by atoms with Crippen molar-refractivity contribution in [3.05, 3.63) is 29.3 Å². The summed E-state index contributed by atoms with van der Waals surface area (Å²) in [6, 6.07) is 9.46. The van der Waals surface area contributed by atoms with Crippen molar-refractivity contribution in [2.75, 3.05) is 0 Å². The van der Waals surface area contributed by atoms with Gasteiger partial charge in [-0.25, -0.2) is 4.98 Å². The lowest BCUT2D eigenvalue weighted by Crippen LogP contribution is -2.14. The van der Waals surface area contributed by atoms with Crippen molar-refractivity contribution in [1.29, 1.82) is 5.26 Å². The van der Waals surface area contributed by atoms with Crippen LogP contribution in [0.4, 0.5) is 0 Å². The van der Waals surface area contributed by atoms with Crippen LogP contribution in [0.2, 0.25) is 0 Å². The zero-order chi connectivity index (χ0) is 12.5. The molecule has 88 valence electrons. The Kier molecular flexibility index (Phi) is 2.54. The molecule has 1 unspecified atom stereocenters. The predicted octanol–water partition coefficient (Wildman–Crippen LogP) is 2.15. The summed E-state index contributed by atoms with van der Waals surface area (Å²) in [5.41, 5.74) is 1.06. The molecule has 2 heterocycles. The Hall–Kier alpha value is -2.26. The molecule has 1 aromatic carbocycles. The summed E-state index contributed by atoms with van der Waals surface area (Å²) in [6.45, 7) is 0. The second kappa shape index (κ2) is 4.20. The van der Waals surface area contributed by atoms with Crippen molar-refractivity contribution in [2.24, 2.45) is 5.16 Å². The van der Waals surface area contributed by atoms with Gasteiger partial charge in [0.1, 0.15) is 11.8 Å². The van der Waals surface area contributed by atoms with Crippen LogP contribution in [-0.2, 0) is 4.84 Å². The molecule has 3 rings (SSSR count). The standard InChI is InChI=1S/C12H7N3O2S/c13-6-7-5-9(15-17-7)11(16)12-14-8-3-1-2-4-10(8)18-12/h1-4,7H,5H2. The molecular weight excluding hydrogens is 250 g/mol. The van der Waals surface area contributed by atoms with Gasteiger partial charge < -0.3 is 4.84 Å². The SMILES string of the molecule is N#CC1CC(C(=O)c2nc3ccccc3s2)=NO1. The first kappa shape index (κ1) is 10.9. The highest BCUT2D eigenvalue weighted by Crippen LogP contribution is 2.23. The first-order valence-electron chi connectivity index (χ1n) is 5.30. The normalized spacial score (nSPS) is 18.2. The number of hydrogen-bond acceptors (Lipinski definition) is 6. The van der Waals surface area contributed by atoms with Crippen LogP contribution >= 0.6 is 11.3 Å². The number of carbonyl (C=O) groups is 1. The molecule has 1 atom stereocenters. The van der Waals surface area contributed by atoms with Gasteiger partial charge in [-0.05, 0) is 12.1 Å². The number of para-hydroxylation sites is 1. The molecule has 2 aromatic rings. The smallest absolute Gasteiger partial charge is 0.239 e. The highest BCUT2D eigenvalue weighted by Gasteiger charge is 2.28. The zero-order valence-corrected chi connectivity index (χ0v) is 9.98. The number of hydrogen-bond donors (Lipinski definition) is 0. The van der Waals surface area contributed by atoms with Gasteiger partial charge in [-0.2, -0.15) is 5.26 Å². The van der Waals surface area contributed by atoms with Crippen LogP contribution in [-0.4, -0.2) is 22.6 Å². The summed E-state index contributed by atoms with van der Waals surface area (Å²) in [4.78, 5) is 21.2. The minimum absolute atomic E-state index is 0.227. The van der Waals surface area contributed by atoms with E-state index in [1.54, 1.807) is 0 Å². The van der Waals surface area contributed by atoms with Gasteiger partial charge in [0.25, 0.3) is 0 Å². The first-order chi connectivity index (χ1) is 8.78. The lowest BCUT2D eigenvalue weighted by molar-refractivity contribution is 0.106. The molecule has 0 amide bonds. The number of benzene rings is 1. The Labute approximate surface area is 106 Å². The van der Waals surface area contributed by atoms with Crippen molar-refractivity contribution in [3.8, 4) is 6.07 Å². The minimum atomic E-state index is -0.654. The van der Waals surface area contributed by atoms with Crippen molar-refractivity contribution >= 4 is 33.0 Å². The summed E-state index contributed by atoms with van der Waals surface area (Å²) in [6.07, 6.45) is -0.427. The lowest BCUT2D eigenvalue weighted by atomic mass is 10.1. The molecular formula is C12H7N3O2S. The van der Waals surface area contributed by atoms with E-state index in [-0.39, 0.29) is 17.9 Å². The molecule has 5 nitrogen and oxygen atoms in total. The van der Waals surface area contributed by atoms with Crippen LogP contribution in [0.5, 0.6) is 0 Å². The Morgan fingerprint density at radius 3 is 3.06 bits per heavy atom. The molecule has 0 aliphatic carbocycles. The largest absolute Gasteiger partial charge is 0.376 e. The van der Waals surface area contributed by atoms with E-state index in [2.05, 4.69) is 10.1 Å². The maximum absolute atomic E-state index is 12.1. The number of rotatable bonds is 2. The number of carbonyl (C=O) groups excluding carboxylic acids is 1. The third-order valence-corrected chi connectivity index (χ3v) is 3.60. The molecule has 1 aromatic heterocycles. The first-order valence-corrected chi connectivity index (χ1v) is 6.12. The number of oxime groups is 1. The average molecular weight is 257 g/mol. The van der Waals surface area contributed by atoms with Gasteiger partial charge in [-0.15, -0.1) is 11.3 Å². The van der Waals surface area contributed by atoms with Crippen LogP contribution in [0.15, 0.2) is 29.4 Å². The van der Waals surface area contributed by atoms with E-state index in [1.165, 1.54) is 11.3 Å². The van der Waals surface area contributed by atoms with Crippen LogP contribution in [0.25, 0.3) is 10.2 Å². The second-order valence-electron chi connectivity index (χ2n) is 3.78. The molecule has 6 heteroatoms. The van der Waals surface area contributed by atoms with Gasteiger partial charge in [-0.1, -0.05) is 17.3 Å². The summed E-state index contributed by atoms with van der Waals surface area (Å²) < 4.78 is 0.956. The highest BCUT2D eigenvalue weighted by atomic mass is 32.1. The van der Waals surface area contributed by atoms with Gasteiger partial charge in [-0.3, -0.25) is 4.79 Å². The van der Waals surface area contributed by atoms with E-state index in [0.717, 1.165) is 10.2 Å². The number of ketones is 1. The summed E-state index contributed by atoms with van der Waals surface area (Å²) in [5, 5.41) is 12.7. The van der Waals surface area contributed by atoms with Crippen LogP contribution in [0.1, 0.15) is 16.2 Å². The summed E-state index contributed by atoms with van der Waals surface area (Å²) in [7, 11) is 0. The van der Waals surface area contributed by atoms with E-state index < -0.39 is 6.10 Å². The Bertz CT molecular complexity index is 666. The lowest BCUT2D eigenvalue weighted by Gasteiger charge is -1.92. The maximum atomic E-state index is 12.1. The van der Waals surface area contributed by atoms with Crippen LogP contribution in [0.3, 0.4) is 0 Å². The third-order valence-electron chi connectivity index (χ3n) is 2.56. The highest BCUT2D eigenvalue weighted by molar-refractivity contribution is 7.21. The molecule has 0 saturated carbocycles. The number of fused-ring (bicyclic) bond motifs is 1. The van der Waals surface area contributed by atoms with Crippen molar-refractivity contribution in [2.45, 2.75) is 12.5 Å². The van der Waals surface area contributed by atoms with Gasteiger partial charge in [0.05, 0.1) is 16.6 Å². The number of thiazole rings is 1. The topological polar surface area (TPSA) is 75.3 Å². The monoisotopic (exact) mass is 257 g/mol. The van der Waals surface area contributed by atoms with Crippen LogP contribution in [0, 0.1) is 11.3 Å². The predicted molar refractivity (Wildman–Crippen MR) is 66.5 cm³/mol. The Morgan fingerprint density at radius 2 is 2.33 bits per heavy atom. The fourth-order valence-electron chi connectivity index (χ4n) is 1.67. The molecule has 0 spiro atoms.